The molecule has 2 aromatic carbocycles. The number of hydrogen-bond acceptors (Lipinski definition) is 3. The van der Waals surface area contributed by atoms with Gasteiger partial charge in [-0.1, -0.05) is 34.1 Å². The van der Waals surface area contributed by atoms with Crippen molar-refractivity contribution in [3.8, 4) is 11.5 Å². The lowest BCUT2D eigenvalue weighted by Gasteiger charge is -2.14. The molecule has 1 N–H and O–H groups in total. The van der Waals surface area contributed by atoms with Crippen molar-refractivity contribution in [1.82, 2.24) is 0 Å². The van der Waals surface area contributed by atoms with Gasteiger partial charge in [0.15, 0.2) is 11.6 Å². The molecule has 0 spiro atoms. The molecule has 0 amide bonds. The van der Waals surface area contributed by atoms with E-state index in [1.165, 1.54) is 7.11 Å². The normalized spacial score (nSPS) is 12.0. The maximum absolute atomic E-state index is 14.1. The molecular weight excluding hydrogens is 339 g/mol. The number of ether oxygens (including phenoxy) is 2. The van der Waals surface area contributed by atoms with Crippen molar-refractivity contribution < 1.29 is 19.0 Å². The molecule has 5 heteroatoms. The van der Waals surface area contributed by atoms with E-state index in [0.717, 1.165) is 4.47 Å². The second kappa shape index (κ2) is 6.91. The molecule has 0 aliphatic heterocycles. The summed E-state index contributed by atoms with van der Waals surface area (Å²) in [5.41, 5.74) is 1.05. The number of methoxy groups -OCH3 is 1. The van der Waals surface area contributed by atoms with Crippen LogP contribution in [-0.2, 0) is 6.61 Å². The highest BCUT2D eigenvalue weighted by atomic mass is 79.9. The molecule has 0 saturated heterocycles. The van der Waals surface area contributed by atoms with E-state index in [9.17, 15) is 9.50 Å². The van der Waals surface area contributed by atoms with Gasteiger partial charge < -0.3 is 14.6 Å². The van der Waals surface area contributed by atoms with Crippen molar-refractivity contribution in [3.05, 3.63) is 57.8 Å². The molecule has 0 saturated carbocycles. The molecule has 0 radical (unpaired) electrons. The van der Waals surface area contributed by atoms with Crippen LogP contribution in [0.1, 0.15) is 24.2 Å². The Kier molecular flexibility index (Phi) is 5.20. The Labute approximate surface area is 131 Å². The van der Waals surface area contributed by atoms with Gasteiger partial charge in [-0.2, -0.15) is 0 Å². The predicted octanol–water partition coefficient (Wildman–Crippen LogP) is 4.23. The summed E-state index contributed by atoms with van der Waals surface area (Å²) in [5.74, 6) is 0.260. The number of aliphatic hydroxyl groups excluding tert-OH is 1. The standard InChI is InChI=1S/C16H16BrFO3/c1-10(19)13-7-6-12(17)8-15(13)21-9-11-4-3-5-14(20-2)16(11)18/h3-8,10,19H,9H2,1-2H3/t10-/m1/s1. The highest BCUT2D eigenvalue weighted by molar-refractivity contribution is 9.10. The van der Waals surface area contributed by atoms with Gasteiger partial charge in [-0.3, -0.25) is 0 Å². The monoisotopic (exact) mass is 354 g/mol. The first-order valence-corrected chi connectivity index (χ1v) is 7.24. The highest BCUT2D eigenvalue weighted by Gasteiger charge is 2.12. The maximum Gasteiger partial charge on any atom is 0.171 e. The first kappa shape index (κ1) is 15.8. The summed E-state index contributed by atoms with van der Waals surface area (Å²) < 4.78 is 25.5. The summed E-state index contributed by atoms with van der Waals surface area (Å²) in [5, 5.41) is 9.74. The third kappa shape index (κ3) is 3.74. The zero-order valence-corrected chi connectivity index (χ0v) is 13.4. The second-order valence-electron chi connectivity index (χ2n) is 4.58. The predicted molar refractivity (Wildman–Crippen MR) is 82.1 cm³/mol. The van der Waals surface area contributed by atoms with Gasteiger partial charge in [-0.15, -0.1) is 0 Å². The molecule has 0 heterocycles. The van der Waals surface area contributed by atoms with Gasteiger partial charge in [0, 0.05) is 15.6 Å². The fourth-order valence-electron chi connectivity index (χ4n) is 1.96. The Morgan fingerprint density at radius 2 is 2.00 bits per heavy atom. The number of benzene rings is 2. The Morgan fingerprint density at radius 3 is 2.67 bits per heavy atom. The minimum atomic E-state index is -0.664. The first-order valence-electron chi connectivity index (χ1n) is 6.44. The lowest BCUT2D eigenvalue weighted by molar-refractivity contribution is 0.189. The molecule has 0 aliphatic carbocycles. The molecular formula is C16H16BrFO3. The second-order valence-corrected chi connectivity index (χ2v) is 5.50. The molecule has 1 atom stereocenters. The average molecular weight is 355 g/mol. The summed E-state index contributed by atoms with van der Waals surface area (Å²) in [4.78, 5) is 0. The molecule has 112 valence electrons. The molecule has 3 nitrogen and oxygen atoms in total. The number of halogens is 2. The molecule has 0 aromatic heterocycles. The smallest absolute Gasteiger partial charge is 0.171 e. The van der Waals surface area contributed by atoms with Gasteiger partial charge in [0.05, 0.1) is 13.2 Å². The third-order valence-corrected chi connectivity index (χ3v) is 3.57. The summed E-state index contributed by atoms with van der Waals surface area (Å²) in [6, 6.07) is 10.2. The molecule has 0 bridgehead atoms. The minimum Gasteiger partial charge on any atom is -0.494 e. The number of aliphatic hydroxyl groups is 1. The molecule has 0 aliphatic rings. The van der Waals surface area contributed by atoms with Gasteiger partial charge in [0.1, 0.15) is 12.4 Å². The SMILES string of the molecule is COc1cccc(COc2cc(Br)ccc2[C@@H](C)O)c1F. The molecule has 2 rings (SSSR count). The van der Waals surface area contributed by atoms with E-state index in [0.29, 0.717) is 16.9 Å². The van der Waals surface area contributed by atoms with Crippen LogP contribution in [0.5, 0.6) is 11.5 Å². The summed E-state index contributed by atoms with van der Waals surface area (Å²) in [6.07, 6.45) is -0.664. The van der Waals surface area contributed by atoms with Crippen molar-refractivity contribution in [2.24, 2.45) is 0 Å². The van der Waals surface area contributed by atoms with E-state index < -0.39 is 11.9 Å². The number of rotatable bonds is 5. The number of hydrogen-bond donors (Lipinski definition) is 1. The molecule has 2 aromatic rings. The first-order chi connectivity index (χ1) is 10.0. The van der Waals surface area contributed by atoms with E-state index >= 15 is 0 Å². The van der Waals surface area contributed by atoms with E-state index in [4.69, 9.17) is 9.47 Å². The van der Waals surface area contributed by atoms with Gasteiger partial charge in [0.2, 0.25) is 0 Å². The summed E-state index contributed by atoms with van der Waals surface area (Å²) in [7, 11) is 1.42. The van der Waals surface area contributed by atoms with Crippen LogP contribution in [0.25, 0.3) is 0 Å². The van der Waals surface area contributed by atoms with E-state index in [1.807, 2.05) is 6.07 Å². The fraction of sp³-hybridized carbons (Fsp3) is 0.250. The van der Waals surface area contributed by atoms with Gasteiger partial charge in [-0.25, -0.2) is 4.39 Å². The molecule has 0 fully saturated rings. The van der Waals surface area contributed by atoms with Crippen LogP contribution in [0.3, 0.4) is 0 Å². The van der Waals surface area contributed by atoms with Crippen LogP contribution < -0.4 is 9.47 Å². The summed E-state index contributed by atoms with van der Waals surface area (Å²) >= 11 is 3.35. The van der Waals surface area contributed by atoms with Crippen LogP contribution in [0.4, 0.5) is 4.39 Å². The van der Waals surface area contributed by atoms with Crippen molar-refractivity contribution in [2.45, 2.75) is 19.6 Å². The third-order valence-electron chi connectivity index (χ3n) is 3.07. The quantitative estimate of drug-likeness (QED) is 0.873. The highest BCUT2D eigenvalue weighted by Crippen LogP contribution is 2.30. The largest absolute Gasteiger partial charge is 0.494 e. The zero-order chi connectivity index (χ0) is 15.4. The van der Waals surface area contributed by atoms with E-state index in [1.54, 1.807) is 37.3 Å². The van der Waals surface area contributed by atoms with E-state index in [2.05, 4.69) is 15.9 Å². The Bertz CT molecular complexity index is 629. The van der Waals surface area contributed by atoms with Gasteiger partial charge in [0.25, 0.3) is 0 Å². The van der Waals surface area contributed by atoms with Gasteiger partial charge in [-0.05, 0) is 25.1 Å². The molecule has 21 heavy (non-hydrogen) atoms. The Hall–Kier alpha value is -1.59. The Morgan fingerprint density at radius 1 is 1.24 bits per heavy atom. The zero-order valence-electron chi connectivity index (χ0n) is 11.8. The lowest BCUT2D eigenvalue weighted by Crippen LogP contribution is -2.03. The Balaban J connectivity index is 2.22. The van der Waals surface area contributed by atoms with Crippen molar-refractivity contribution in [2.75, 3.05) is 7.11 Å². The average Bonchev–Trinajstić information content (AvgIpc) is 2.46. The minimum absolute atomic E-state index is 0.0548. The van der Waals surface area contributed by atoms with E-state index in [-0.39, 0.29) is 12.4 Å². The van der Waals surface area contributed by atoms with Crippen LogP contribution in [0.2, 0.25) is 0 Å². The lowest BCUT2D eigenvalue weighted by atomic mass is 10.1. The molecule has 0 unspecified atom stereocenters. The fourth-order valence-corrected chi connectivity index (χ4v) is 2.30. The van der Waals surface area contributed by atoms with Crippen molar-refractivity contribution in [1.29, 1.82) is 0 Å². The van der Waals surface area contributed by atoms with Crippen molar-refractivity contribution >= 4 is 15.9 Å². The van der Waals surface area contributed by atoms with Crippen LogP contribution >= 0.6 is 15.9 Å². The topological polar surface area (TPSA) is 38.7 Å². The van der Waals surface area contributed by atoms with Crippen molar-refractivity contribution in [3.63, 3.8) is 0 Å². The van der Waals surface area contributed by atoms with Crippen LogP contribution in [0, 0.1) is 5.82 Å². The van der Waals surface area contributed by atoms with Crippen LogP contribution in [-0.4, -0.2) is 12.2 Å². The van der Waals surface area contributed by atoms with Gasteiger partial charge >= 0.3 is 0 Å². The maximum atomic E-state index is 14.1. The summed E-state index contributed by atoms with van der Waals surface area (Å²) in [6.45, 7) is 1.71. The van der Waals surface area contributed by atoms with Crippen LogP contribution in [0.15, 0.2) is 40.9 Å².